The Labute approximate surface area is 166 Å². The summed E-state index contributed by atoms with van der Waals surface area (Å²) in [6.45, 7) is 2.00. The molecule has 1 N–H and O–H groups in total. The van der Waals surface area contributed by atoms with E-state index in [0.29, 0.717) is 17.0 Å². The van der Waals surface area contributed by atoms with E-state index in [4.69, 9.17) is 4.74 Å². The van der Waals surface area contributed by atoms with Gasteiger partial charge in [-0.1, -0.05) is 23.8 Å². The van der Waals surface area contributed by atoms with Crippen LogP contribution in [0.2, 0.25) is 0 Å². The third kappa shape index (κ3) is 3.18. The molecule has 0 spiro atoms. The molecule has 1 aliphatic rings. The van der Waals surface area contributed by atoms with Crippen LogP contribution < -0.4 is 15.0 Å². The van der Waals surface area contributed by atoms with Crippen molar-refractivity contribution in [2.24, 2.45) is 0 Å². The molecule has 0 saturated carbocycles. The highest BCUT2D eigenvalue weighted by Crippen LogP contribution is 2.35. The molecule has 0 fully saturated rings. The predicted molar refractivity (Wildman–Crippen MR) is 112 cm³/mol. The van der Waals surface area contributed by atoms with Crippen LogP contribution in [0.1, 0.15) is 10.4 Å². The van der Waals surface area contributed by atoms with Crippen molar-refractivity contribution in [3.05, 3.63) is 82.2 Å². The molecule has 0 aliphatic carbocycles. The van der Waals surface area contributed by atoms with E-state index in [0.717, 1.165) is 16.1 Å². The van der Waals surface area contributed by atoms with Gasteiger partial charge in [-0.3, -0.25) is 9.59 Å². The average Bonchev–Trinajstić information content (AvgIpc) is 3.31. The van der Waals surface area contributed by atoms with Crippen molar-refractivity contribution >= 4 is 40.1 Å². The van der Waals surface area contributed by atoms with Crippen molar-refractivity contribution in [2.75, 3.05) is 17.3 Å². The number of nitrogens with one attached hydrogen (secondary N) is 1. The first-order valence-corrected chi connectivity index (χ1v) is 9.61. The van der Waals surface area contributed by atoms with Gasteiger partial charge in [0.15, 0.2) is 0 Å². The summed E-state index contributed by atoms with van der Waals surface area (Å²) in [5.41, 5.74) is 3.05. The molecule has 2 heterocycles. The van der Waals surface area contributed by atoms with Gasteiger partial charge in [-0.25, -0.2) is 4.90 Å². The van der Waals surface area contributed by atoms with Gasteiger partial charge in [0.2, 0.25) is 0 Å². The minimum absolute atomic E-state index is 0.284. The lowest BCUT2D eigenvalue weighted by Crippen LogP contribution is -2.32. The molecule has 4 rings (SSSR count). The van der Waals surface area contributed by atoms with Gasteiger partial charge in [0, 0.05) is 10.6 Å². The molecule has 1 aliphatic heterocycles. The number of anilines is 2. The van der Waals surface area contributed by atoms with Crippen LogP contribution in [0.3, 0.4) is 0 Å². The molecule has 140 valence electrons. The fraction of sp³-hybridized carbons (Fsp3) is 0.0909. The number of hydrogen-bond donors (Lipinski definition) is 1. The maximum absolute atomic E-state index is 13.2. The van der Waals surface area contributed by atoms with E-state index < -0.39 is 0 Å². The Morgan fingerprint density at radius 2 is 1.64 bits per heavy atom. The lowest BCUT2D eigenvalue weighted by molar-refractivity contribution is -0.120. The second-order valence-electron chi connectivity index (χ2n) is 6.36. The van der Waals surface area contributed by atoms with Crippen LogP contribution in [0.4, 0.5) is 11.4 Å². The number of benzene rings is 2. The number of nitrogens with zero attached hydrogens (tertiary/aromatic N) is 1. The van der Waals surface area contributed by atoms with Crippen molar-refractivity contribution in [1.82, 2.24) is 0 Å². The van der Waals surface area contributed by atoms with Crippen molar-refractivity contribution in [2.45, 2.75) is 6.92 Å². The Morgan fingerprint density at radius 1 is 0.929 bits per heavy atom. The first-order chi connectivity index (χ1) is 13.6. The summed E-state index contributed by atoms with van der Waals surface area (Å²) >= 11 is 1.43. The zero-order valence-electron chi connectivity index (χ0n) is 15.4. The molecular weight excluding hydrogens is 372 g/mol. The van der Waals surface area contributed by atoms with Crippen molar-refractivity contribution in [3.8, 4) is 5.75 Å². The van der Waals surface area contributed by atoms with E-state index in [1.165, 1.54) is 16.2 Å². The molecule has 3 aromatic rings. The second-order valence-corrected chi connectivity index (χ2v) is 7.31. The van der Waals surface area contributed by atoms with E-state index in [2.05, 4.69) is 5.32 Å². The van der Waals surface area contributed by atoms with Crippen LogP contribution in [0.5, 0.6) is 5.75 Å². The lowest BCUT2D eigenvalue weighted by Gasteiger charge is -2.15. The standard InChI is InChI=1S/C22H18N2O3S/c1-14-5-7-15(8-6-14)23-20-19(18-4-3-13-28-18)21(25)24(22(20)26)16-9-11-17(27-2)12-10-16/h3-13,23H,1-2H3. The number of carbonyl (C=O) groups excluding carboxylic acids is 2. The molecular formula is C22H18N2O3S. The van der Waals surface area contributed by atoms with E-state index in [9.17, 15) is 9.59 Å². The molecule has 2 amide bonds. The summed E-state index contributed by atoms with van der Waals surface area (Å²) in [4.78, 5) is 28.4. The largest absolute Gasteiger partial charge is 0.497 e. The first kappa shape index (κ1) is 18.0. The number of imide groups is 1. The SMILES string of the molecule is COc1ccc(N2C(=O)C(Nc3ccc(C)cc3)=C(c3cccs3)C2=O)cc1. The monoisotopic (exact) mass is 390 g/mol. The summed E-state index contributed by atoms with van der Waals surface area (Å²) in [6, 6.07) is 18.3. The third-order valence-electron chi connectivity index (χ3n) is 4.50. The van der Waals surface area contributed by atoms with Gasteiger partial charge in [0.25, 0.3) is 11.8 Å². The summed E-state index contributed by atoms with van der Waals surface area (Å²) in [6.07, 6.45) is 0. The predicted octanol–water partition coefficient (Wildman–Crippen LogP) is 4.46. The highest BCUT2D eigenvalue weighted by molar-refractivity contribution is 7.11. The van der Waals surface area contributed by atoms with Gasteiger partial charge < -0.3 is 10.1 Å². The quantitative estimate of drug-likeness (QED) is 0.654. The Morgan fingerprint density at radius 3 is 2.25 bits per heavy atom. The first-order valence-electron chi connectivity index (χ1n) is 8.73. The number of thiophene rings is 1. The van der Waals surface area contributed by atoms with E-state index in [1.54, 1.807) is 31.4 Å². The number of amides is 2. The molecule has 1 aromatic heterocycles. The third-order valence-corrected chi connectivity index (χ3v) is 5.39. The van der Waals surface area contributed by atoms with Crippen LogP contribution in [0.25, 0.3) is 5.57 Å². The van der Waals surface area contributed by atoms with Crippen molar-refractivity contribution in [1.29, 1.82) is 0 Å². The van der Waals surface area contributed by atoms with Crippen LogP contribution >= 0.6 is 11.3 Å². The van der Waals surface area contributed by atoms with Gasteiger partial charge in [0.1, 0.15) is 11.4 Å². The van der Waals surface area contributed by atoms with Crippen molar-refractivity contribution in [3.63, 3.8) is 0 Å². The maximum Gasteiger partial charge on any atom is 0.282 e. The fourth-order valence-corrected chi connectivity index (χ4v) is 3.81. The average molecular weight is 390 g/mol. The Kier molecular flexibility index (Phi) is 4.71. The fourth-order valence-electron chi connectivity index (χ4n) is 3.04. The number of methoxy groups -OCH3 is 1. The summed E-state index contributed by atoms with van der Waals surface area (Å²) in [7, 11) is 1.57. The number of hydrogen-bond acceptors (Lipinski definition) is 5. The van der Waals surface area contributed by atoms with Gasteiger partial charge in [-0.15, -0.1) is 11.3 Å². The highest BCUT2D eigenvalue weighted by atomic mass is 32.1. The molecule has 0 unspecified atom stereocenters. The van der Waals surface area contributed by atoms with Gasteiger partial charge in [-0.2, -0.15) is 0 Å². The molecule has 2 aromatic carbocycles. The minimum atomic E-state index is -0.376. The summed E-state index contributed by atoms with van der Waals surface area (Å²) in [5.74, 6) is -0.0568. The Hall–Kier alpha value is -3.38. The number of ether oxygens (including phenoxy) is 1. The Bertz CT molecular complexity index is 1050. The Balaban J connectivity index is 1.75. The molecule has 0 radical (unpaired) electrons. The molecule has 0 saturated heterocycles. The topological polar surface area (TPSA) is 58.6 Å². The summed E-state index contributed by atoms with van der Waals surface area (Å²) in [5, 5.41) is 5.05. The van der Waals surface area contributed by atoms with Crippen LogP contribution in [0, 0.1) is 6.92 Å². The summed E-state index contributed by atoms with van der Waals surface area (Å²) < 4.78 is 5.17. The van der Waals surface area contributed by atoms with Crippen LogP contribution in [0.15, 0.2) is 71.7 Å². The van der Waals surface area contributed by atoms with E-state index >= 15 is 0 Å². The van der Waals surface area contributed by atoms with Gasteiger partial charge in [-0.05, 0) is 54.8 Å². The van der Waals surface area contributed by atoms with Crippen molar-refractivity contribution < 1.29 is 14.3 Å². The maximum atomic E-state index is 13.2. The normalized spacial score (nSPS) is 14.0. The molecule has 28 heavy (non-hydrogen) atoms. The van der Waals surface area contributed by atoms with Crippen LogP contribution in [-0.2, 0) is 9.59 Å². The zero-order valence-corrected chi connectivity index (χ0v) is 16.2. The van der Waals surface area contributed by atoms with E-state index in [1.807, 2.05) is 48.7 Å². The van der Waals surface area contributed by atoms with Gasteiger partial charge in [0.05, 0.1) is 18.4 Å². The zero-order chi connectivity index (χ0) is 19.7. The number of rotatable bonds is 5. The lowest BCUT2D eigenvalue weighted by atomic mass is 10.1. The molecule has 0 bridgehead atoms. The second kappa shape index (κ2) is 7.32. The molecule has 0 atom stereocenters. The van der Waals surface area contributed by atoms with Gasteiger partial charge >= 0.3 is 0 Å². The van der Waals surface area contributed by atoms with Crippen LogP contribution in [-0.4, -0.2) is 18.9 Å². The number of carbonyl (C=O) groups is 2. The molecule has 6 heteroatoms. The minimum Gasteiger partial charge on any atom is -0.497 e. The smallest absolute Gasteiger partial charge is 0.282 e. The van der Waals surface area contributed by atoms with E-state index in [-0.39, 0.29) is 17.5 Å². The number of aryl methyl sites for hydroxylation is 1. The molecule has 5 nitrogen and oxygen atoms in total. The highest BCUT2D eigenvalue weighted by Gasteiger charge is 2.40.